The highest BCUT2D eigenvalue weighted by atomic mass is 16.5. The summed E-state index contributed by atoms with van der Waals surface area (Å²) in [5, 5.41) is 18.5. The molecule has 1 aromatic rings. The Balaban J connectivity index is 2.44. The van der Waals surface area contributed by atoms with E-state index in [9.17, 15) is 10.0 Å². The first-order valence-corrected chi connectivity index (χ1v) is 6.35. The molecule has 1 rings (SSSR count). The van der Waals surface area contributed by atoms with Gasteiger partial charge in [-0.3, -0.25) is 0 Å². The molecule has 0 radical (unpaired) electrons. The van der Waals surface area contributed by atoms with Crippen LogP contribution in [0.15, 0.2) is 30.9 Å². The van der Waals surface area contributed by atoms with Gasteiger partial charge < -0.3 is 14.8 Å². The van der Waals surface area contributed by atoms with Gasteiger partial charge in [-0.1, -0.05) is 23.8 Å². The van der Waals surface area contributed by atoms with Crippen LogP contribution in [-0.4, -0.2) is 23.8 Å². The first-order chi connectivity index (χ1) is 8.65. The van der Waals surface area contributed by atoms with Crippen LogP contribution in [0, 0.1) is 6.92 Å². The fourth-order valence-electron chi connectivity index (χ4n) is 1.75. The maximum atomic E-state index is 9.27. The molecule has 0 unspecified atom stereocenters. The molecule has 18 heavy (non-hydrogen) atoms. The summed E-state index contributed by atoms with van der Waals surface area (Å²) in [4.78, 5) is 0. The van der Waals surface area contributed by atoms with E-state index in [0.29, 0.717) is 17.8 Å². The zero-order valence-electron chi connectivity index (χ0n) is 10.9. The second-order valence-electron chi connectivity index (χ2n) is 4.40. The maximum absolute atomic E-state index is 9.27. The van der Waals surface area contributed by atoms with Crippen LogP contribution in [0.3, 0.4) is 0 Å². The number of benzene rings is 1. The third-order valence-corrected chi connectivity index (χ3v) is 2.75. The summed E-state index contributed by atoms with van der Waals surface area (Å²) in [6.45, 7) is 6.18. The quantitative estimate of drug-likeness (QED) is 0.419. The summed E-state index contributed by atoms with van der Waals surface area (Å²) in [7, 11) is -1.49. The van der Waals surface area contributed by atoms with E-state index < -0.39 is 7.12 Å². The van der Waals surface area contributed by atoms with Gasteiger partial charge in [0.1, 0.15) is 5.75 Å². The van der Waals surface area contributed by atoms with E-state index in [2.05, 4.69) is 6.58 Å². The Morgan fingerprint density at radius 1 is 1.28 bits per heavy atom. The Kier molecular flexibility index (Phi) is 6.54. The first-order valence-electron chi connectivity index (χ1n) is 6.35. The highest BCUT2D eigenvalue weighted by Crippen LogP contribution is 2.11. The molecule has 0 saturated carbocycles. The number of unbranched alkanes of at least 4 members (excludes halogenated alkanes) is 3. The number of hydrogen-bond donors (Lipinski definition) is 2. The van der Waals surface area contributed by atoms with Gasteiger partial charge >= 0.3 is 7.12 Å². The fourth-order valence-corrected chi connectivity index (χ4v) is 1.75. The molecule has 0 aliphatic carbocycles. The van der Waals surface area contributed by atoms with E-state index in [1.165, 1.54) is 0 Å². The molecule has 1 aromatic carbocycles. The molecule has 98 valence electrons. The van der Waals surface area contributed by atoms with E-state index in [4.69, 9.17) is 4.74 Å². The summed E-state index contributed by atoms with van der Waals surface area (Å²) in [6.07, 6.45) is 6.13. The Bertz CT molecular complexity index is 377. The van der Waals surface area contributed by atoms with Gasteiger partial charge in [0.15, 0.2) is 0 Å². The Hall–Kier alpha value is -1.26. The van der Waals surface area contributed by atoms with Crippen molar-refractivity contribution in [2.75, 3.05) is 6.61 Å². The Morgan fingerprint density at radius 3 is 2.72 bits per heavy atom. The molecule has 0 aliphatic rings. The van der Waals surface area contributed by atoms with Gasteiger partial charge in [0, 0.05) is 5.46 Å². The second-order valence-corrected chi connectivity index (χ2v) is 4.40. The molecular formula is C14H21BO3. The Labute approximate surface area is 109 Å². The van der Waals surface area contributed by atoms with Crippen LogP contribution in [0.5, 0.6) is 5.75 Å². The smallest absolute Gasteiger partial charge is 0.492 e. The second kappa shape index (κ2) is 7.95. The zero-order valence-corrected chi connectivity index (χ0v) is 10.9. The zero-order chi connectivity index (χ0) is 13.4. The van der Waals surface area contributed by atoms with Crippen molar-refractivity contribution in [3.8, 4) is 5.75 Å². The predicted octanol–water partition coefficient (Wildman–Crippen LogP) is 1.80. The summed E-state index contributed by atoms with van der Waals surface area (Å²) in [6, 6.07) is 5.42. The predicted molar refractivity (Wildman–Crippen MR) is 75.2 cm³/mol. The van der Waals surface area contributed by atoms with E-state index in [0.717, 1.165) is 31.2 Å². The molecule has 0 amide bonds. The summed E-state index contributed by atoms with van der Waals surface area (Å²) >= 11 is 0. The number of ether oxygens (including phenoxy) is 1. The number of allylic oxidation sites excluding steroid dienone is 1. The van der Waals surface area contributed by atoms with E-state index in [1.807, 2.05) is 19.1 Å². The lowest BCUT2D eigenvalue weighted by Gasteiger charge is -2.11. The minimum absolute atomic E-state index is 0.432. The third-order valence-electron chi connectivity index (χ3n) is 2.75. The van der Waals surface area contributed by atoms with Gasteiger partial charge in [-0.25, -0.2) is 0 Å². The molecule has 0 saturated heterocycles. The number of hydrogen-bond acceptors (Lipinski definition) is 3. The van der Waals surface area contributed by atoms with Crippen LogP contribution in [0.1, 0.15) is 31.2 Å². The highest BCUT2D eigenvalue weighted by Gasteiger charge is 2.17. The van der Waals surface area contributed by atoms with Crippen LogP contribution >= 0.6 is 0 Å². The van der Waals surface area contributed by atoms with Gasteiger partial charge in [-0.15, -0.1) is 6.58 Å². The largest absolute Gasteiger partial charge is 0.494 e. The van der Waals surface area contributed by atoms with Gasteiger partial charge in [-0.2, -0.15) is 0 Å². The van der Waals surface area contributed by atoms with Crippen LogP contribution in [0.2, 0.25) is 0 Å². The lowest BCUT2D eigenvalue weighted by Crippen LogP contribution is -2.31. The molecule has 0 aromatic heterocycles. The monoisotopic (exact) mass is 248 g/mol. The molecule has 2 N–H and O–H groups in total. The normalized spacial score (nSPS) is 10.2. The van der Waals surface area contributed by atoms with Crippen LogP contribution < -0.4 is 10.2 Å². The molecule has 0 bridgehead atoms. The summed E-state index contributed by atoms with van der Waals surface area (Å²) in [5.74, 6) is 0.555. The van der Waals surface area contributed by atoms with Gasteiger partial charge in [-0.05, 0) is 38.7 Å². The van der Waals surface area contributed by atoms with Crippen molar-refractivity contribution >= 4 is 12.6 Å². The van der Waals surface area contributed by atoms with Crippen LogP contribution in [0.4, 0.5) is 0 Å². The SMILES string of the molecule is C=CCCCCCOc1ccc(C)cc1B(O)O. The van der Waals surface area contributed by atoms with Crippen LogP contribution in [-0.2, 0) is 0 Å². The van der Waals surface area contributed by atoms with Crippen molar-refractivity contribution < 1.29 is 14.8 Å². The lowest BCUT2D eigenvalue weighted by atomic mass is 9.79. The molecule has 0 aliphatic heterocycles. The minimum atomic E-state index is -1.49. The minimum Gasteiger partial charge on any atom is -0.494 e. The van der Waals surface area contributed by atoms with Crippen LogP contribution in [0.25, 0.3) is 0 Å². The van der Waals surface area contributed by atoms with Crippen molar-refractivity contribution in [1.29, 1.82) is 0 Å². The molecule has 0 atom stereocenters. The average Bonchev–Trinajstić information content (AvgIpc) is 2.35. The molecular weight excluding hydrogens is 227 g/mol. The average molecular weight is 248 g/mol. The van der Waals surface area contributed by atoms with Gasteiger partial charge in [0.05, 0.1) is 6.61 Å². The number of aryl methyl sites for hydroxylation is 1. The van der Waals surface area contributed by atoms with E-state index in [1.54, 1.807) is 12.1 Å². The van der Waals surface area contributed by atoms with E-state index in [-0.39, 0.29) is 0 Å². The molecule has 0 fully saturated rings. The van der Waals surface area contributed by atoms with Crippen molar-refractivity contribution in [2.24, 2.45) is 0 Å². The van der Waals surface area contributed by atoms with Crippen molar-refractivity contribution in [3.05, 3.63) is 36.4 Å². The molecule has 3 nitrogen and oxygen atoms in total. The van der Waals surface area contributed by atoms with Crippen molar-refractivity contribution in [2.45, 2.75) is 32.6 Å². The summed E-state index contributed by atoms with van der Waals surface area (Å²) in [5.41, 5.74) is 1.41. The highest BCUT2D eigenvalue weighted by molar-refractivity contribution is 6.59. The maximum Gasteiger partial charge on any atom is 0.492 e. The van der Waals surface area contributed by atoms with Crippen molar-refractivity contribution in [3.63, 3.8) is 0 Å². The van der Waals surface area contributed by atoms with Gasteiger partial charge in [0.2, 0.25) is 0 Å². The van der Waals surface area contributed by atoms with E-state index >= 15 is 0 Å². The summed E-state index contributed by atoms with van der Waals surface area (Å²) < 4.78 is 5.59. The topological polar surface area (TPSA) is 49.7 Å². The van der Waals surface area contributed by atoms with Gasteiger partial charge in [0.25, 0.3) is 0 Å². The lowest BCUT2D eigenvalue weighted by molar-refractivity contribution is 0.306. The first kappa shape index (κ1) is 14.8. The Morgan fingerprint density at radius 2 is 2.06 bits per heavy atom. The molecule has 0 heterocycles. The molecule has 0 spiro atoms. The standard InChI is InChI=1S/C14H21BO3/c1-3-4-5-6-7-10-18-14-9-8-12(2)11-13(14)15(16)17/h3,8-9,11,16-17H,1,4-7,10H2,2H3. The third kappa shape index (κ3) is 4.94. The fraction of sp³-hybridized carbons (Fsp3) is 0.429. The van der Waals surface area contributed by atoms with Crippen molar-refractivity contribution in [1.82, 2.24) is 0 Å². The molecule has 4 heteroatoms. The number of rotatable bonds is 8.